The van der Waals surface area contributed by atoms with Crippen LogP contribution in [0.15, 0.2) is 0 Å². The lowest BCUT2D eigenvalue weighted by Gasteiger charge is -2.32. The second-order valence-electron chi connectivity index (χ2n) is 4.10. The fourth-order valence-electron chi connectivity index (χ4n) is 1.99. The fourth-order valence-corrected chi connectivity index (χ4v) is 2.31. The van der Waals surface area contributed by atoms with Gasteiger partial charge in [0.05, 0.1) is 11.0 Å². The zero-order valence-electron chi connectivity index (χ0n) is 10.6. The zero-order valence-corrected chi connectivity index (χ0v) is 11.4. The van der Waals surface area contributed by atoms with E-state index in [0.29, 0.717) is 4.99 Å². The van der Waals surface area contributed by atoms with Crippen molar-refractivity contribution in [1.82, 2.24) is 4.90 Å². The number of rotatable bonds is 8. The standard InChI is InChI=1S/C12H26N2S/c1-5-10(6-2)9-14(8-4)11(7-3)12(13)15/h10-11H,5-9H2,1-4H3,(H2,13,15). The van der Waals surface area contributed by atoms with Crippen molar-refractivity contribution in [2.45, 2.75) is 53.0 Å². The van der Waals surface area contributed by atoms with Crippen LogP contribution in [0.2, 0.25) is 0 Å². The van der Waals surface area contributed by atoms with Gasteiger partial charge < -0.3 is 5.73 Å². The topological polar surface area (TPSA) is 29.3 Å². The first-order chi connectivity index (χ1) is 7.10. The molecule has 1 atom stereocenters. The van der Waals surface area contributed by atoms with E-state index in [9.17, 15) is 0 Å². The van der Waals surface area contributed by atoms with Crippen molar-refractivity contribution in [1.29, 1.82) is 0 Å². The molecule has 0 aromatic rings. The Morgan fingerprint density at radius 2 is 1.67 bits per heavy atom. The summed E-state index contributed by atoms with van der Waals surface area (Å²) < 4.78 is 0. The molecule has 0 aromatic carbocycles. The van der Waals surface area contributed by atoms with Gasteiger partial charge in [0.25, 0.3) is 0 Å². The number of thiocarbonyl (C=S) groups is 1. The van der Waals surface area contributed by atoms with Crippen LogP contribution in [0.1, 0.15) is 47.0 Å². The van der Waals surface area contributed by atoms with Crippen molar-refractivity contribution in [2.75, 3.05) is 13.1 Å². The van der Waals surface area contributed by atoms with Crippen LogP contribution in [-0.2, 0) is 0 Å². The Bertz CT molecular complexity index is 178. The normalized spacial score (nSPS) is 13.5. The summed E-state index contributed by atoms with van der Waals surface area (Å²) in [5.41, 5.74) is 5.77. The fraction of sp³-hybridized carbons (Fsp3) is 0.917. The van der Waals surface area contributed by atoms with E-state index in [2.05, 4.69) is 32.6 Å². The molecule has 0 aliphatic heterocycles. The Morgan fingerprint density at radius 1 is 1.13 bits per heavy atom. The minimum Gasteiger partial charge on any atom is -0.392 e. The van der Waals surface area contributed by atoms with E-state index >= 15 is 0 Å². The van der Waals surface area contributed by atoms with Crippen molar-refractivity contribution in [3.05, 3.63) is 0 Å². The maximum absolute atomic E-state index is 5.77. The van der Waals surface area contributed by atoms with Crippen molar-refractivity contribution in [3.8, 4) is 0 Å². The summed E-state index contributed by atoms with van der Waals surface area (Å²) in [7, 11) is 0. The van der Waals surface area contributed by atoms with Gasteiger partial charge in [-0.05, 0) is 18.9 Å². The summed E-state index contributed by atoms with van der Waals surface area (Å²) >= 11 is 5.12. The third-order valence-corrected chi connectivity index (χ3v) is 3.48. The molecule has 90 valence electrons. The molecule has 0 aliphatic rings. The van der Waals surface area contributed by atoms with Crippen LogP contribution in [0, 0.1) is 5.92 Å². The van der Waals surface area contributed by atoms with E-state index in [0.717, 1.165) is 25.4 Å². The van der Waals surface area contributed by atoms with Crippen LogP contribution in [0.5, 0.6) is 0 Å². The Labute approximate surface area is 100 Å². The van der Waals surface area contributed by atoms with Gasteiger partial charge in [-0.25, -0.2) is 0 Å². The van der Waals surface area contributed by atoms with Gasteiger partial charge in [0.15, 0.2) is 0 Å². The van der Waals surface area contributed by atoms with Crippen molar-refractivity contribution in [2.24, 2.45) is 11.7 Å². The first kappa shape index (κ1) is 14.8. The van der Waals surface area contributed by atoms with Gasteiger partial charge in [0.2, 0.25) is 0 Å². The van der Waals surface area contributed by atoms with Gasteiger partial charge >= 0.3 is 0 Å². The van der Waals surface area contributed by atoms with Crippen LogP contribution in [0.3, 0.4) is 0 Å². The maximum atomic E-state index is 5.77. The monoisotopic (exact) mass is 230 g/mol. The van der Waals surface area contributed by atoms with E-state index in [4.69, 9.17) is 18.0 Å². The Kier molecular flexibility index (Phi) is 7.97. The molecule has 2 nitrogen and oxygen atoms in total. The Morgan fingerprint density at radius 3 is 1.93 bits per heavy atom. The summed E-state index contributed by atoms with van der Waals surface area (Å²) in [5.74, 6) is 0.772. The summed E-state index contributed by atoms with van der Waals surface area (Å²) in [6.45, 7) is 11.0. The van der Waals surface area contributed by atoms with Crippen molar-refractivity contribution < 1.29 is 0 Å². The quantitative estimate of drug-likeness (QED) is 0.650. The van der Waals surface area contributed by atoms with E-state index < -0.39 is 0 Å². The first-order valence-corrected chi connectivity index (χ1v) is 6.54. The van der Waals surface area contributed by atoms with Gasteiger partial charge in [0.1, 0.15) is 0 Å². The Hall–Kier alpha value is -0.150. The van der Waals surface area contributed by atoms with Crippen LogP contribution in [-0.4, -0.2) is 29.0 Å². The third-order valence-electron chi connectivity index (χ3n) is 3.21. The molecule has 0 radical (unpaired) electrons. The van der Waals surface area contributed by atoms with Crippen LogP contribution in [0.25, 0.3) is 0 Å². The second kappa shape index (κ2) is 8.05. The van der Waals surface area contributed by atoms with E-state index in [1.165, 1.54) is 12.8 Å². The molecule has 1 unspecified atom stereocenters. The molecular formula is C12H26N2S. The van der Waals surface area contributed by atoms with Crippen molar-refractivity contribution >= 4 is 17.2 Å². The predicted octanol–water partition coefficient (Wildman–Crippen LogP) is 2.81. The second-order valence-corrected chi connectivity index (χ2v) is 4.57. The van der Waals surface area contributed by atoms with E-state index in [1.807, 2.05) is 0 Å². The molecule has 0 bridgehead atoms. The molecule has 0 heterocycles. The van der Waals surface area contributed by atoms with Crippen LogP contribution in [0.4, 0.5) is 0 Å². The highest BCUT2D eigenvalue weighted by Gasteiger charge is 2.19. The lowest BCUT2D eigenvalue weighted by atomic mass is 10.0. The first-order valence-electron chi connectivity index (χ1n) is 6.13. The minimum atomic E-state index is 0.283. The molecule has 0 aliphatic carbocycles. The molecule has 0 aromatic heterocycles. The average molecular weight is 230 g/mol. The highest BCUT2D eigenvalue weighted by Crippen LogP contribution is 2.13. The minimum absolute atomic E-state index is 0.283. The smallest absolute Gasteiger partial charge is 0.0901 e. The molecule has 0 saturated carbocycles. The summed E-state index contributed by atoms with van der Waals surface area (Å²) in [5, 5.41) is 0. The van der Waals surface area contributed by atoms with Gasteiger partial charge in [-0.15, -0.1) is 0 Å². The number of nitrogens with two attached hydrogens (primary N) is 1. The van der Waals surface area contributed by atoms with E-state index in [1.54, 1.807) is 0 Å². The molecule has 2 N–H and O–H groups in total. The van der Waals surface area contributed by atoms with Gasteiger partial charge in [-0.3, -0.25) is 4.90 Å². The van der Waals surface area contributed by atoms with Gasteiger partial charge in [-0.2, -0.15) is 0 Å². The van der Waals surface area contributed by atoms with E-state index in [-0.39, 0.29) is 6.04 Å². The number of hydrogen-bond donors (Lipinski definition) is 1. The highest BCUT2D eigenvalue weighted by atomic mass is 32.1. The molecule has 0 spiro atoms. The number of hydrogen-bond acceptors (Lipinski definition) is 2. The number of nitrogens with zero attached hydrogens (tertiary/aromatic N) is 1. The predicted molar refractivity (Wildman–Crippen MR) is 72.2 cm³/mol. The summed E-state index contributed by atoms with van der Waals surface area (Å²) in [6, 6.07) is 0.283. The van der Waals surface area contributed by atoms with Crippen molar-refractivity contribution in [3.63, 3.8) is 0 Å². The molecular weight excluding hydrogens is 204 g/mol. The molecule has 15 heavy (non-hydrogen) atoms. The lowest BCUT2D eigenvalue weighted by Crippen LogP contribution is -2.45. The maximum Gasteiger partial charge on any atom is 0.0901 e. The summed E-state index contributed by atoms with van der Waals surface area (Å²) in [6.07, 6.45) is 3.49. The Balaban J connectivity index is 4.38. The zero-order chi connectivity index (χ0) is 11.8. The average Bonchev–Trinajstić information content (AvgIpc) is 2.23. The largest absolute Gasteiger partial charge is 0.392 e. The third kappa shape index (κ3) is 4.94. The molecule has 0 amide bonds. The van der Waals surface area contributed by atoms with Crippen LogP contribution >= 0.6 is 12.2 Å². The highest BCUT2D eigenvalue weighted by molar-refractivity contribution is 7.80. The van der Waals surface area contributed by atoms with Gasteiger partial charge in [0, 0.05) is 6.54 Å². The molecule has 0 saturated heterocycles. The SMILES string of the molecule is CCC(CC)CN(CC)C(CC)C(N)=S. The number of likely N-dealkylation sites (N-methyl/N-ethyl adjacent to an activating group) is 1. The molecule has 3 heteroatoms. The molecule has 0 rings (SSSR count). The lowest BCUT2D eigenvalue weighted by molar-refractivity contribution is 0.205. The summed E-state index contributed by atoms with van der Waals surface area (Å²) in [4.78, 5) is 3.06. The van der Waals surface area contributed by atoms with Gasteiger partial charge in [-0.1, -0.05) is 52.8 Å². The van der Waals surface area contributed by atoms with Crippen LogP contribution < -0.4 is 5.73 Å². The molecule has 0 fully saturated rings.